The van der Waals surface area contributed by atoms with Crippen molar-refractivity contribution in [2.24, 2.45) is 0 Å². The molecular formula is C13H21NO4S. The third-order valence-electron chi connectivity index (χ3n) is 2.83. The van der Waals surface area contributed by atoms with E-state index in [9.17, 15) is 8.42 Å². The molecule has 0 aliphatic carbocycles. The van der Waals surface area contributed by atoms with Gasteiger partial charge in [0.05, 0.1) is 20.0 Å². The fourth-order valence-corrected chi connectivity index (χ4v) is 2.36. The van der Waals surface area contributed by atoms with Gasteiger partial charge in [0.25, 0.3) is 0 Å². The lowest BCUT2D eigenvalue weighted by Gasteiger charge is -2.11. The lowest BCUT2D eigenvalue weighted by Crippen LogP contribution is -2.23. The normalized spacial score (nSPS) is 11.3. The van der Waals surface area contributed by atoms with Crippen molar-refractivity contribution in [3.63, 3.8) is 0 Å². The summed E-state index contributed by atoms with van der Waals surface area (Å²) in [6, 6.07) is 5.53. The van der Waals surface area contributed by atoms with E-state index in [1.165, 1.54) is 0 Å². The van der Waals surface area contributed by atoms with Crippen LogP contribution in [0.25, 0.3) is 0 Å². The molecule has 0 aromatic heterocycles. The van der Waals surface area contributed by atoms with Crippen molar-refractivity contribution in [3.8, 4) is 11.5 Å². The number of hydrogen-bond donors (Lipinski definition) is 1. The minimum atomic E-state index is -2.92. The van der Waals surface area contributed by atoms with Gasteiger partial charge in [-0.05, 0) is 18.2 Å². The Balaban J connectivity index is 2.57. The van der Waals surface area contributed by atoms with Crippen molar-refractivity contribution >= 4 is 9.84 Å². The van der Waals surface area contributed by atoms with Crippen LogP contribution in [0.1, 0.15) is 12.5 Å². The van der Waals surface area contributed by atoms with Gasteiger partial charge in [0.15, 0.2) is 9.84 Å². The van der Waals surface area contributed by atoms with Gasteiger partial charge < -0.3 is 14.8 Å². The van der Waals surface area contributed by atoms with Crippen LogP contribution in [0.5, 0.6) is 11.5 Å². The summed E-state index contributed by atoms with van der Waals surface area (Å²) < 4.78 is 33.1. The second-order valence-electron chi connectivity index (χ2n) is 4.09. The van der Waals surface area contributed by atoms with E-state index in [-0.39, 0.29) is 11.5 Å². The van der Waals surface area contributed by atoms with Gasteiger partial charge in [0, 0.05) is 24.4 Å². The smallest absolute Gasteiger partial charge is 0.151 e. The van der Waals surface area contributed by atoms with Crippen LogP contribution in [0.15, 0.2) is 18.2 Å². The Morgan fingerprint density at radius 2 is 1.95 bits per heavy atom. The third-order valence-corrected chi connectivity index (χ3v) is 4.54. The Bertz CT molecular complexity index is 499. The molecule has 0 aliphatic rings. The third kappa shape index (κ3) is 5.08. The molecule has 0 saturated heterocycles. The summed E-state index contributed by atoms with van der Waals surface area (Å²) in [5.74, 6) is 1.83. The molecular weight excluding hydrogens is 266 g/mol. The van der Waals surface area contributed by atoms with Crippen molar-refractivity contribution in [2.45, 2.75) is 13.5 Å². The summed E-state index contributed by atoms with van der Waals surface area (Å²) in [6.07, 6.45) is 0. The molecule has 0 atom stereocenters. The molecule has 6 heteroatoms. The molecule has 1 rings (SSSR count). The lowest BCUT2D eigenvalue weighted by atomic mass is 10.2. The largest absolute Gasteiger partial charge is 0.497 e. The van der Waals surface area contributed by atoms with Gasteiger partial charge in [-0.3, -0.25) is 0 Å². The van der Waals surface area contributed by atoms with Gasteiger partial charge in [-0.25, -0.2) is 8.42 Å². The summed E-state index contributed by atoms with van der Waals surface area (Å²) >= 11 is 0. The molecule has 1 aromatic rings. The van der Waals surface area contributed by atoms with E-state index in [0.717, 1.165) is 17.1 Å². The van der Waals surface area contributed by atoms with Crippen LogP contribution in [0.4, 0.5) is 0 Å². The number of rotatable bonds is 8. The maximum absolute atomic E-state index is 11.3. The Labute approximate surface area is 114 Å². The molecule has 0 amide bonds. The van der Waals surface area contributed by atoms with Gasteiger partial charge in [0.2, 0.25) is 0 Å². The first-order valence-corrected chi connectivity index (χ1v) is 7.96. The lowest BCUT2D eigenvalue weighted by molar-refractivity contribution is 0.397. The number of benzene rings is 1. The molecule has 5 nitrogen and oxygen atoms in total. The molecule has 1 N–H and O–H groups in total. The number of ether oxygens (including phenoxy) is 2. The zero-order chi connectivity index (χ0) is 14.3. The first-order chi connectivity index (χ1) is 9.02. The van der Waals surface area contributed by atoms with Gasteiger partial charge in [0.1, 0.15) is 11.5 Å². The fraction of sp³-hybridized carbons (Fsp3) is 0.538. The molecule has 0 radical (unpaired) electrons. The highest BCUT2D eigenvalue weighted by Gasteiger charge is 2.08. The average Bonchev–Trinajstić information content (AvgIpc) is 2.43. The monoisotopic (exact) mass is 287 g/mol. The van der Waals surface area contributed by atoms with E-state index in [1.54, 1.807) is 21.1 Å². The first-order valence-electron chi connectivity index (χ1n) is 6.14. The van der Waals surface area contributed by atoms with Crippen molar-refractivity contribution in [1.82, 2.24) is 5.32 Å². The molecule has 0 bridgehead atoms. The van der Waals surface area contributed by atoms with Crippen LogP contribution >= 0.6 is 0 Å². The zero-order valence-corrected chi connectivity index (χ0v) is 12.4. The van der Waals surface area contributed by atoms with Crippen molar-refractivity contribution < 1.29 is 17.9 Å². The number of nitrogens with one attached hydrogen (secondary N) is 1. The molecule has 0 aliphatic heterocycles. The Morgan fingerprint density at radius 1 is 1.21 bits per heavy atom. The van der Waals surface area contributed by atoms with Crippen molar-refractivity contribution in [2.75, 3.05) is 32.3 Å². The van der Waals surface area contributed by atoms with E-state index in [4.69, 9.17) is 9.47 Å². The predicted octanol–water partition coefficient (Wildman–Crippen LogP) is 1.23. The number of hydrogen-bond acceptors (Lipinski definition) is 5. The van der Waals surface area contributed by atoms with E-state index in [2.05, 4.69) is 5.32 Å². The van der Waals surface area contributed by atoms with Gasteiger partial charge in [-0.15, -0.1) is 0 Å². The Morgan fingerprint density at radius 3 is 2.53 bits per heavy atom. The average molecular weight is 287 g/mol. The number of methoxy groups -OCH3 is 2. The summed E-state index contributed by atoms with van der Waals surface area (Å²) in [5, 5.41) is 3.10. The summed E-state index contributed by atoms with van der Waals surface area (Å²) in [6.45, 7) is 2.62. The van der Waals surface area contributed by atoms with Crippen molar-refractivity contribution in [3.05, 3.63) is 23.8 Å². The highest BCUT2D eigenvalue weighted by atomic mass is 32.2. The molecule has 0 saturated carbocycles. The van der Waals surface area contributed by atoms with Crippen LogP contribution in [0, 0.1) is 0 Å². The summed E-state index contributed by atoms with van der Waals surface area (Å²) in [5.41, 5.74) is 0.941. The Hall–Kier alpha value is -1.27. The van der Waals surface area contributed by atoms with E-state index < -0.39 is 9.84 Å². The standard InChI is InChI=1S/C13H21NO4S/c1-4-19(15,16)8-7-14-10-11-9-12(17-2)5-6-13(11)18-3/h5-6,9,14H,4,7-8,10H2,1-3H3. The molecule has 1 aromatic carbocycles. The van der Waals surface area contributed by atoms with E-state index in [1.807, 2.05) is 18.2 Å². The summed E-state index contributed by atoms with van der Waals surface area (Å²) in [4.78, 5) is 0. The highest BCUT2D eigenvalue weighted by molar-refractivity contribution is 7.91. The second-order valence-corrected chi connectivity index (χ2v) is 6.56. The zero-order valence-electron chi connectivity index (χ0n) is 11.6. The maximum Gasteiger partial charge on any atom is 0.151 e. The molecule has 0 unspecified atom stereocenters. The molecule has 108 valence electrons. The summed E-state index contributed by atoms with van der Waals surface area (Å²) in [7, 11) is 0.287. The maximum atomic E-state index is 11.3. The van der Waals surface area contributed by atoms with Gasteiger partial charge >= 0.3 is 0 Å². The van der Waals surface area contributed by atoms with Crippen LogP contribution in [0.2, 0.25) is 0 Å². The van der Waals surface area contributed by atoms with Crippen LogP contribution in [-0.4, -0.2) is 40.7 Å². The topological polar surface area (TPSA) is 64.6 Å². The van der Waals surface area contributed by atoms with Crippen molar-refractivity contribution in [1.29, 1.82) is 0 Å². The quantitative estimate of drug-likeness (QED) is 0.729. The van der Waals surface area contributed by atoms with Crippen LogP contribution < -0.4 is 14.8 Å². The van der Waals surface area contributed by atoms with Gasteiger partial charge in [-0.2, -0.15) is 0 Å². The molecule has 0 fully saturated rings. The van der Waals surface area contributed by atoms with E-state index in [0.29, 0.717) is 13.1 Å². The minimum absolute atomic E-state index is 0.149. The second kappa shape index (κ2) is 7.35. The highest BCUT2D eigenvalue weighted by Crippen LogP contribution is 2.23. The Kier molecular flexibility index (Phi) is 6.11. The molecule has 0 heterocycles. The first kappa shape index (κ1) is 15.8. The molecule has 19 heavy (non-hydrogen) atoms. The van der Waals surface area contributed by atoms with Crippen LogP contribution in [-0.2, 0) is 16.4 Å². The number of sulfone groups is 1. The predicted molar refractivity (Wildman–Crippen MR) is 75.6 cm³/mol. The fourth-order valence-electron chi connectivity index (χ4n) is 1.62. The SMILES string of the molecule is CCS(=O)(=O)CCNCc1cc(OC)ccc1OC. The minimum Gasteiger partial charge on any atom is -0.497 e. The van der Waals surface area contributed by atoms with E-state index >= 15 is 0 Å². The van der Waals surface area contributed by atoms with Gasteiger partial charge in [-0.1, -0.05) is 6.92 Å². The van der Waals surface area contributed by atoms with Crippen LogP contribution in [0.3, 0.4) is 0 Å². The molecule has 0 spiro atoms.